The first-order valence-electron chi connectivity index (χ1n) is 2.06. The fourth-order valence-electron chi connectivity index (χ4n) is 0. The fourth-order valence-corrected chi connectivity index (χ4v) is 0. The van der Waals surface area contributed by atoms with Gasteiger partial charge in [-0.2, -0.15) is 0 Å². The van der Waals surface area contributed by atoms with Crippen molar-refractivity contribution >= 4 is 0 Å². The van der Waals surface area contributed by atoms with Gasteiger partial charge < -0.3 is 0 Å². The first-order valence-corrected chi connectivity index (χ1v) is 2.06. The van der Waals surface area contributed by atoms with E-state index >= 15 is 0 Å². The van der Waals surface area contributed by atoms with E-state index in [1.807, 2.05) is 0 Å². The summed E-state index contributed by atoms with van der Waals surface area (Å²) in [5.41, 5.74) is 0. The fraction of sp³-hybridized carbons (Fsp3) is 0.800. The van der Waals surface area contributed by atoms with Crippen LogP contribution in [0.4, 0.5) is 0 Å². The second-order valence-corrected chi connectivity index (χ2v) is 1.68. The summed E-state index contributed by atoms with van der Waals surface area (Å²) in [7, 11) is 0. The van der Waals surface area contributed by atoms with Crippen molar-refractivity contribution in [2.75, 3.05) is 0 Å². The van der Waals surface area contributed by atoms with Gasteiger partial charge in [0.15, 0.2) is 0 Å². The molecule has 0 aliphatic heterocycles. The third-order valence-electron chi connectivity index (χ3n) is 0.577. The average molecular weight is 130 g/mol. The van der Waals surface area contributed by atoms with Gasteiger partial charge in [0.2, 0.25) is 0 Å². The second kappa shape index (κ2) is 5.49. The van der Waals surface area contributed by atoms with Gasteiger partial charge in [-0.05, 0) is 5.92 Å². The summed E-state index contributed by atoms with van der Waals surface area (Å²) >= 11 is 0. The third kappa shape index (κ3) is 8.82. The van der Waals surface area contributed by atoms with Gasteiger partial charge in [0, 0.05) is 16.5 Å². The summed E-state index contributed by atoms with van der Waals surface area (Å²) in [6, 6.07) is 0. The van der Waals surface area contributed by atoms with E-state index < -0.39 is 0 Å². The SMILES string of the molecule is [CH2]CC(C)C.[Ni]. The van der Waals surface area contributed by atoms with Crippen molar-refractivity contribution in [2.24, 2.45) is 5.92 Å². The Morgan fingerprint density at radius 3 is 1.67 bits per heavy atom. The predicted molar refractivity (Wildman–Crippen MR) is 24.8 cm³/mol. The van der Waals surface area contributed by atoms with E-state index in [0.29, 0.717) is 0 Å². The van der Waals surface area contributed by atoms with Gasteiger partial charge in [-0.1, -0.05) is 27.2 Å². The normalized spacial score (nSPS) is 8.00. The minimum absolute atomic E-state index is 0. The van der Waals surface area contributed by atoms with Crippen LogP contribution in [0.3, 0.4) is 0 Å². The maximum absolute atomic E-state index is 3.69. The quantitative estimate of drug-likeness (QED) is 0.475. The van der Waals surface area contributed by atoms with Gasteiger partial charge in [0.05, 0.1) is 0 Å². The molecule has 0 aliphatic carbocycles. The van der Waals surface area contributed by atoms with Gasteiger partial charge in [0.1, 0.15) is 0 Å². The molecule has 0 saturated heterocycles. The molecule has 0 nitrogen and oxygen atoms in total. The molecule has 0 aromatic heterocycles. The first kappa shape index (κ1) is 9.71. The van der Waals surface area contributed by atoms with Crippen molar-refractivity contribution in [3.05, 3.63) is 6.92 Å². The van der Waals surface area contributed by atoms with Crippen molar-refractivity contribution in [2.45, 2.75) is 20.3 Å². The smallest absolute Gasteiger partial charge is 0 e. The van der Waals surface area contributed by atoms with E-state index in [0.717, 1.165) is 12.3 Å². The van der Waals surface area contributed by atoms with E-state index in [4.69, 9.17) is 0 Å². The summed E-state index contributed by atoms with van der Waals surface area (Å²) in [6.45, 7) is 8.00. The zero-order valence-electron chi connectivity index (χ0n) is 4.31. The molecule has 41 valence electrons. The van der Waals surface area contributed by atoms with Gasteiger partial charge in [-0.25, -0.2) is 0 Å². The van der Waals surface area contributed by atoms with Crippen LogP contribution >= 0.6 is 0 Å². The van der Waals surface area contributed by atoms with Crippen molar-refractivity contribution in [1.29, 1.82) is 0 Å². The Morgan fingerprint density at radius 1 is 1.50 bits per heavy atom. The monoisotopic (exact) mass is 129 g/mol. The van der Waals surface area contributed by atoms with Crippen molar-refractivity contribution < 1.29 is 16.5 Å². The molecule has 1 radical (unpaired) electrons. The Kier molecular flexibility index (Phi) is 8.89. The molecular weight excluding hydrogens is 119 g/mol. The van der Waals surface area contributed by atoms with Gasteiger partial charge in [0.25, 0.3) is 0 Å². The van der Waals surface area contributed by atoms with E-state index in [9.17, 15) is 0 Å². The van der Waals surface area contributed by atoms with Gasteiger partial charge in [-0.3, -0.25) is 0 Å². The Hall–Kier alpha value is 0.494. The molecule has 0 N–H and O–H groups in total. The Labute approximate surface area is 50.2 Å². The van der Waals surface area contributed by atoms with Crippen molar-refractivity contribution in [3.63, 3.8) is 0 Å². The summed E-state index contributed by atoms with van der Waals surface area (Å²) < 4.78 is 0. The number of rotatable bonds is 1. The van der Waals surface area contributed by atoms with Crippen molar-refractivity contribution in [3.8, 4) is 0 Å². The van der Waals surface area contributed by atoms with E-state index in [2.05, 4.69) is 20.8 Å². The molecule has 0 saturated carbocycles. The molecule has 0 amide bonds. The van der Waals surface area contributed by atoms with Crippen LogP contribution in [0.15, 0.2) is 0 Å². The Bertz CT molecular complexity index is 17.9. The van der Waals surface area contributed by atoms with Gasteiger partial charge >= 0.3 is 0 Å². The molecule has 0 unspecified atom stereocenters. The van der Waals surface area contributed by atoms with Crippen LogP contribution in [-0.4, -0.2) is 0 Å². The van der Waals surface area contributed by atoms with Crippen LogP contribution in [0.1, 0.15) is 20.3 Å². The Balaban J connectivity index is 0. The number of hydrogen-bond acceptors (Lipinski definition) is 0. The third-order valence-corrected chi connectivity index (χ3v) is 0.577. The van der Waals surface area contributed by atoms with Crippen LogP contribution in [-0.2, 0) is 16.5 Å². The maximum atomic E-state index is 3.69. The molecule has 0 aromatic carbocycles. The van der Waals surface area contributed by atoms with Crippen molar-refractivity contribution in [1.82, 2.24) is 0 Å². The number of hydrogen-bond donors (Lipinski definition) is 0. The van der Waals surface area contributed by atoms with Crippen LogP contribution < -0.4 is 0 Å². The summed E-state index contributed by atoms with van der Waals surface area (Å²) in [6.07, 6.45) is 1.06. The molecule has 6 heavy (non-hydrogen) atoms. The maximum Gasteiger partial charge on any atom is 0 e. The standard InChI is InChI=1S/C5H11.Ni/c1-4-5(2)3;/h5H,1,4H2,2-3H3;. The zero-order chi connectivity index (χ0) is 4.28. The molecule has 1 heteroatoms. The van der Waals surface area contributed by atoms with E-state index in [-0.39, 0.29) is 16.5 Å². The first-order chi connectivity index (χ1) is 2.27. The minimum atomic E-state index is 0. The zero-order valence-corrected chi connectivity index (χ0v) is 5.30. The molecule has 0 atom stereocenters. The Morgan fingerprint density at radius 2 is 1.67 bits per heavy atom. The molecule has 0 spiro atoms. The molecule has 0 bridgehead atoms. The molecule has 0 rings (SSSR count). The molecule has 0 fully saturated rings. The van der Waals surface area contributed by atoms with Crippen LogP contribution in [0.5, 0.6) is 0 Å². The second-order valence-electron chi connectivity index (χ2n) is 1.68. The van der Waals surface area contributed by atoms with Crippen LogP contribution in [0.25, 0.3) is 0 Å². The summed E-state index contributed by atoms with van der Waals surface area (Å²) in [4.78, 5) is 0. The summed E-state index contributed by atoms with van der Waals surface area (Å²) in [5, 5.41) is 0. The predicted octanol–water partition coefficient (Wildman–Crippen LogP) is 1.86. The van der Waals surface area contributed by atoms with E-state index in [1.54, 1.807) is 0 Å². The van der Waals surface area contributed by atoms with Crippen LogP contribution in [0.2, 0.25) is 0 Å². The largest absolute Gasteiger partial charge is 0.0628 e. The van der Waals surface area contributed by atoms with Gasteiger partial charge in [-0.15, -0.1) is 0 Å². The minimum Gasteiger partial charge on any atom is -0.0628 e. The molecule has 0 heterocycles. The molecule has 0 aliphatic rings. The van der Waals surface area contributed by atoms with Crippen LogP contribution in [0, 0.1) is 12.8 Å². The molecule has 0 aromatic rings. The summed E-state index contributed by atoms with van der Waals surface area (Å²) in [5.74, 6) is 0.773. The topological polar surface area (TPSA) is 0 Å². The average Bonchev–Trinajstić information content (AvgIpc) is 1.38. The molecular formula is C5H11Ni. The van der Waals surface area contributed by atoms with E-state index in [1.165, 1.54) is 0 Å².